The number of nitrogens with one attached hydrogen (secondary N) is 3. The van der Waals surface area contributed by atoms with E-state index in [-0.39, 0.29) is 23.6 Å². The molecule has 0 atom stereocenters. The molecule has 1 heterocycles. The Morgan fingerprint density at radius 3 is 2.55 bits per heavy atom. The molecular weight excluding hydrogens is 370 g/mol. The summed E-state index contributed by atoms with van der Waals surface area (Å²) >= 11 is 0. The minimum absolute atomic E-state index is 0.125. The quantitative estimate of drug-likeness (QED) is 0.481. The van der Waals surface area contributed by atoms with E-state index in [4.69, 9.17) is 10.2 Å². The molecule has 2 aromatic rings. The van der Waals surface area contributed by atoms with Gasteiger partial charge in [-0.3, -0.25) is 9.59 Å². The lowest BCUT2D eigenvalue weighted by atomic mass is 10.1. The number of benzene rings is 1. The number of carbonyl (C=O) groups is 2. The third-order valence-electron chi connectivity index (χ3n) is 4.56. The highest BCUT2D eigenvalue weighted by atomic mass is 16.3. The molecule has 0 aliphatic heterocycles. The number of aryl methyl sites for hydroxylation is 2. The minimum atomic E-state index is -0.273. The summed E-state index contributed by atoms with van der Waals surface area (Å²) in [6.45, 7) is 4.22. The van der Waals surface area contributed by atoms with Gasteiger partial charge in [0.1, 0.15) is 12.0 Å². The van der Waals surface area contributed by atoms with Crippen LogP contribution in [0, 0.1) is 6.92 Å². The Bertz CT molecular complexity index is 897. The third kappa shape index (κ3) is 5.84. The van der Waals surface area contributed by atoms with Crippen molar-refractivity contribution in [2.24, 2.45) is 5.73 Å². The average molecular weight is 397 g/mol. The summed E-state index contributed by atoms with van der Waals surface area (Å²) in [5.41, 5.74) is 9.04. The van der Waals surface area contributed by atoms with E-state index in [1.165, 1.54) is 0 Å². The van der Waals surface area contributed by atoms with Crippen LogP contribution in [0.4, 0.5) is 5.69 Å². The van der Waals surface area contributed by atoms with Crippen molar-refractivity contribution in [1.29, 1.82) is 0 Å². The largest absolute Gasteiger partial charge is 0.449 e. The third-order valence-corrected chi connectivity index (χ3v) is 4.56. The predicted molar refractivity (Wildman–Crippen MR) is 110 cm³/mol. The Kier molecular flexibility index (Phi) is 6.54. The topological polar surface area (TPSA) is 122 Å². The second-order valence-electron chi connectivity index (χ2n) is 7.06. The van der Waals surface area contributed by atoms with E-state index in [1.54, 1.807) is 37.5 Å². The van der Waals surface area contributed by atoms with Crippen LogP contribution in [0.25, 0.3) is 0 Å². The van der Waals surface area contributed by atoms with Crippen molar-refractivity contribution in [3.05, 3.63) is 59.1 Å². The first-order valence-electron chi connectivity index (χ1n) is 9.82. The van der Waals surface area contributed by atoms with E-state index in [9.17, 15) is 9.59 Å². The minimum Gasteiger partial charge on any atom is -0.449 e. The monoisotopic (exact) mass is 397 g/mol. The maximum Gasteiger partial charge on any atom is 0.269 e. The number of nitrogens with two attached hydrogens (primary N) is 1. The molecule has 0 radical (unpaired) electrons. The lowest BCUT2D eigenvalue weighted by molar-refractivity contribution is -0.117. The fourth-order valence-electron chi connectivity index (χ4n) is 2.81. The van der Waals surface area contributed by atoms with Gasteiger partial charge in [0.15, 0.2) is 5.89 Å². The van der Waals surface area contributed by atoms with Crippen molar-refractivity contribution >= 4 is 17.5 Å². The molecule has 154 valence electrons. The summed E-state index contributed by atoms with van der Waals surface area (Å²) in [5, 5.41) is 8.91. The first-order valence-corrected chi connectivity index (χ1v) is 9.82. The molecule has 2 amide bonds. The van der Waals surface area contributed by atoms with Gasteiger partial charge in [0.05, 0.1) is 5.69 Å². The van der Waals surface area contributed by atoms with E-state index >= 15 is 0 Å². The summed E-state index contributed by atoms with van der Waals surface area (Å²) in [6.07, 6.45) is 4.65. The van der Waals surface area contributed by atoms with Crippen molar-refractivity contribution in [3.63, 3.8) is 0 Å². The Hall–Kier alpha value is -3.29. The Labute approximate surface area is 169 Å². The molecule has 0 saturated heterocycles. The molecule has 0 bridgehead atoms. The molecule has 1 aromatic heterocycles. The van der Waals surface area contributed by atoms with E-state index in [0.29, 0.717) is 36.5 Å². The number of carbonyl (C=O) groups excluding carboxylic acids is 2. The Morgan fingerprint density at radius 2 is 1.97 bits per heavy atom. The van der Waals surface area contributed by atoms with Crippen molar-refractivity contribution in [3.8, 4) is 0 Å². The molecule has 0 spiro atoms. The molecule has 1 aliphatic rings. The van der Waals surface area contributed by atoms with Gasteiger partial charge in [-0.25, -0.2) is 4.98 Å². The van der Waals surface area contributed by atoms with E-state index < -0.39 is 0 Å². The van der Waals surface area contributed by atoms with Crippen LogP contribution in [0.2, 0.25) is 0 Å². The molecular formula is C21H27N5O3. The van der Waals surface area contributed by atoms with Gasteiger partial charge in [-0.1, -0.05) is 0 Å². The van der Waals surface area contributed by atoms with E-state index in [2.05, 4.69) is 20.9 Å². The second kappa shape index (κ2) is 9.27. The van der Waals surface area contributed by atoms with Crippen LogP contribution in [-0.2, 0) is 11.2 Å². The van der Waals surface area contributed by atoms with Gasteiger partial charge in [-0.05, 0) is 56.9 Å². The van der Waals surface area contributed by atoms with Crippen LogP contribution in [0.15, 0.2) is 46.3 Å². The van der Waals surface area contributed by atoms with E-state index in [0.717, 1.165) is 24.2 Å². The molecule has 1 saturated carbocycles. The zero-order valence-corrected chi connectivity index (χ0v) is 16.7. The van der Waals surface area contributed by atoms with Gasteiger partial charge in [0.25, 0.3) is 11.8 Å². The number of rotatable bonds is 9. The number of aromatic nitrogens is 1. The van der Waals surface area contributed by atoms with Crippen LogP contribution < -0.4 is 21.7 Å². The fourth-order valence-corrected chi connectivity index (χ4v) is 2.81. The smallest absolute Gasteiger partial charge is 0.269 e. The lowest BCUT2D eigenvalue weighted by Gasteiger charge is -2.15. The molecule has 5 N–H and O–H groups in total. The Morgan fingerprint density at radius 1 is 1.24 bits per heavy atom. The highest BCUT2D eigenvalue weighted by Crippen LogP contribution is 2.21. The van der Waals surface area contributed by atoms with Gasteiger partial charge in [0.2, 0.25) is 0 Å². The van der Waals surface area contributed by atoms with Crippen molar-refractivity contribution < 1.29 is 14.0 Å². The molecule has 1 fully saturated rings. The van der Waals surface area contributed by atoms with Crippen LogP contribution in [0.3, 0.4) is 0 Å². The molecule has 1 aliphatic carbocycles. The van der Waals surface area contributed by atoms with Crippen LogP contribution in [0.5, 0.6) is 0 Å². The highest BCUT2D eigenvalue weighted by molar-refractivity contribution is 5.95. The number of hydrogen-bond donors (Lipinski definition) is 4. The van der Waals surface area contributed by atoms with Crippen molar-refractivity contribution in [2.45, 2.75) is 45.6 Å². The first-order chi connectivity index (χ1) is 14.0. The van der Waals surface area contributed by atoms with Crippen LogP contribution in [-0.4, -0.2) is 29.4 Å². The first kappa shape index (κ1) is 20.4. The summed E-state index contributed by atoms with van der Waals surface area (Å²) in [5.74, 6) is 0.198. The second-order valence-corrected chi connectivity index (χ2v) is 7.06. The molecule has 1 aromatic carbocycles. The van der Waals surface area contributed by atoms with Crippen molar-refractivity contribution in [2.75, 3.05) is 11.9 Å². The van der Waals surface area contributed by atoms with Gasteiger partial charge < -0.3 is 26.1 Å². The molecule has 0 unspecified atom stereocenters. The summed E-state index contributed by atoms with van der Waals surface area (Å²) in [4.78, 5) is 28.6. The standard InChI is InChI=1S/C21H27N5O3/c1-3-23-20(27)14-4-6-15(7-5-14)25-18(11-10-17-12-29-13(2)24-17)19(22)21(28)26-16-8-9-16/h4-7,12,16,25H,3,8-11,22H2,1-2H3,(H,23,27)(H,26,28)/b19-18-. The average Bonchev–Trinajstić information content (AvgIpc) is 3.43. The number of allylic oxidation sites excluding steroid dienone is 1. The highest BCUT2D eigenvalue weighted by Gasteiger charge is 2.25. The predicted octanol–water partition coefficient (Wildman–Crippen LogP) is 2.23. The number of oxazole rings is 1. The normalized spacial score (nSPS) is 14.1. The number of anilines is 1. The summed E-state index contributed by atoms with van der Waals surface area (Å²) in [7, 11) is 0. The number of hydrogen-bond acceptors (Lipinski definition) is 6. The van der Waals surface area contributed by atoms with Crippen LogP contribution >= 0.6 is 0 Å². The summed E-state index contributed by atoms with van der Waals surface area (Å²) < 4.78 is 5.24. The SMILES string of the molecule is CCNC(=O)c1ccc(N/C(CCc2coc(C)n2)=C(\N)C(=O)NC2CC2)cc1. The number of amides is 2. The number of nitrogens with zero attached hydrogens (tertiary/aromatic N) is 1. The van der Waals surface area contributed by atoms with Crippen LogP contribution in [0.1, 0.15) is 48.1 Å². The van der Waals surface area contributed by atoms with Gasteiger partial charge in [-0.15, -0.1) is 0 Å². The van der Waals surface area contributed by atoms with Crippen molar-refractivity contribution in [1.82, 2.24) is 15.6 Å². The molecule has 29 heavy (non-hydrogen) atoms. The molecule has 8 heteroatoms. The Balaban J connectivity index is 1.74. The molecule has 8 nitrogen and oxygen atoms in total. The maximum atomic E-state index is 12.4. The van der Waals surface area contributed by atoms with Gasteiger partial charge in [0, 0.05) is 36.5 Å². The molecule has 3 rings (SSSR count). The lowest BCUT2D eigenvalue weighted by Crippen LogP contribution is -2.32. The zero-order chi connectivity index (χ0) is 20.8. The van der Waals surface area contributed by atoms with Gasteiger partial charge >= 0.3 is 0 Å². The zero-order valence-electron chi connectivity index (χ0n) is 16.7. The fraction of sp³-hybridized carbons (Fsp3) is 0.381. The van der Waals surface area contributed by atoms with Gasteiger partial charge in [-0.2, -0.15) is 0 Å². The maximum absolute atomic E-state index is 12.4. The summed E-state index contributed by atoms with van der Waals surface area (Å²) in [6, 6.07) is 7.25. The van der Waals surface area contributed by atoms with E-state index in [1.807, 2.05) is 6.92 Å².